The van der Waals surface area contributed by atoms with E-state index >= 15 is 0 Å². The van der Waals surface area contributed by atoms with Gasteiger partial charge in [-0.25, -0.2) is 0 Å². The summed E-state index contributed by atoms with van der Waals surface area (Å²) in [6, 6.07) is 9.14. The highest BCUT2D eigenvalue weighted by Gasteiger charge is 2.13. The van der Waals surface area contributed by atoms with Gasteiger partial charge in [0.05, 0.1) is 11.1 Å². The van der Waals surface area contributed by atoms with Gasteiger partial charge in [0, 0.05) is 3.57 Å². The van der Waals surface area contributed by atoms with E-state index in [0.29, 0.717) is 15.5 Å². The minimum absolute atomic E-state index is 0.291. The molecule has 1 atom stereocenters. The topological polar surface area (TPSA) is 39.2 Å². The fourth-order valence-corrected chi connectivity index (χ4v) is 2.21. The molecule has 1 heterocycles. The van der Waals surface area contributed by atoms with E-state index in [1.807, 2.05) is 30.3 Å². The summed E-state index contributed by atoms with van der Waals surface area (Å²) in [6.45, 7) is 0. The van der Waals surface area contributed by atoms with Gasteiger partial charge in [-0.15, -0.1) is 0 Å². The van der Waals surface area contributed by atoms with Crippen LogP contribution in [0.5, 0.6) is 0 Å². The Balaban J connectivity index is 2.33. The van der Waals surface area contributed by atoms with Gasteiger partial charge in [-0.05, 0) is 68.3 Å². The van der Waals surface area contributed by atoms with Gasteiger partial charge in [0.25, 0.3) is 0 Å². The van der Waals surface area contributed by atoms with Crippen molar-refractivity contribution in [1.29, 1.82) is 0 Å². The van der Waals surface area contributed by atoms with Gasteiger partial charge in [0.2, 0.25) is 0 Å². The van der Waals surface area contributed by atoms with E-state index in [1.165, 1.54) is 0 Å². The van der Waals surface area contributed by atoms with Crippen molar-refractivity contribution in [2.24, 2.45) is 5.73 Å². The molecular formula is C11H8BrClINO. The molecule has 84 valence electrons. The summed E-state index contributed by atoms with van der Waals surface area (Å²) in [5, 5.41) is 0.708. The van der Waals surface area contributed by atoms with Gasteiger partial charge >= 0.3 is 0 Å². The number of benzene rings is 1. The molecule has 0 aliphatic heterocycles. The van der Waals surface area contributed by atoms with E-state index in [9.17, 15) is 0 Å². The second-order valence-electron chi connectivity index (χ2n) is 3.29. The van der Waals surface area contributed by atoms with Gasteiger partial charge in [-0.1, -0.05) is 17.7 Å². The largest absolute Gasteiger partial charge is 0.452 e. The molecule has 0 amide bonds. The van der Waals surface area contributed by atoms with Crippen molar-refractivity contribution in [3.63, 3.8) is 0 Å². The molecule has 2 rings (SSSR count). The molecule has 5 heteroatoms. The van der Waals surface area contributed by atoms with Crippen molar-refractivity contribution in [2.45, 2.75) is 6.04 Å². The maximum absolute atomic E-state index is 6.07. The SMILES string of the molecule is NC(c1ccc(I)c(Cl)c1)c1ccc(Br)o1. The van der Waals surface area contributed by atoms with Gasteiger partial charge in [-0.2, -0.15) is 0 Å². The zero-order chi connectivity index (χ0) is 11.7. The van der Waals surface area contributed by atoms with E-state index in [1.54, 1.807) is 0 Å². The maximum atomic E-state index is 6.07. The standard InChI is InChI=1S/C11H8BrClINO/c12-10-4-3-9(16-10)11(15)6-1-2-8(14)7(13)5-6/h1-5,11H,15H2. The van der Waals surface area contributed by atoms with Crippen LogP contribution in [0.4, 0.5) is 0 Å². The molecule has 0 bridgehead atoms. The van der Waals surface area contributed by atoms with E-state index < -0.39 is 0 Å². The Hall–Kier alpha value is -0.0400. The van der Waals surface area contributed by atoms with Crippen LogP contribution in [0.15, 0.2) is 39.4 Å². The molecule has 1 aromatic carbocycles. The van der Waals surface area contributed by atoms with E-state index in [4.69, 9.17) is 21.8 Å². The Morgan fingerprint density at radius 3 is 2.62 bits per heavy atom. The first-order valence-corrected chi connectivity index (χ1v) is 6.78. The summed E-state index contributed by atoms with van der Waals surface area (Å²) in [5.41, 5.74) is 7.01. The second-order valence-corrected chi connectivity index (χ2v) is 5.64. The van der Waals surface area contributed by atoms with Crippen molar-refractivity contribution in [3.05, 3.63) is 54.9 Å². The van der Waals surface area contributed by atoms with Gasteiger partial charge in [0.15, 0.2) is 4.67 Å². The Morgan fingerprint density at radius 2 is 2.06 bits per heavy atom. The lowest BCUT2D eigenvalue weighted by atomic mass is 10.1. The smallest absolute Gasteiger partial charge is 0.169 e. The number of halogens is 3. The van der Waals surface area contributed by atoms with Crippen molar-refractivity contribution in [3.8, 4) is 0 Å². The average Bonchev–Trinajstić information content (AvgIpc) is 2.68. The normalized spacial score (nSPS) is 12.8. The highest BCUT2D eigenvalue weighted by Crippen LogP contribution is 2.27. The van der Waals surface area contributed by atoms with E-state index in [0.717, 1.165) is 9.13 Å². The summed E-state index contributed by atoms with van der Waals surface area (Å²) in [5.74, 6) is 0.712. The Labute approximate surface area is 120 Å². The fourth-order valence-electron chi connectivity index (χ4n) is 1.37. The Kier molecular flexibility index (Phi) is 3.94. The minimum atomic E-state index is -0.291. The molecular weight excluding hydrogens is 404 g/mol. The summed E-state index contributed by atoms with van der Waals surface area (Å²) in [4.78, 5) is 0. The number of nitrogens with two attached hydrogens (primary N) is 1. The Morgan fingerprint density at radius 1 is 1.31 bits per heavy atom. The van der Waals surface area contributed by atoms with Crippen molar-refractivity contribution in [1.82, 2.24) is 0 Å². The maximum Gasteiger partial charge on any atom is 0.169 e. The van der Waals surface area contributed by atoms with Crippen molar-refractivity contribution in [2.75, 3.05) is 0 Å². The second kappa shape index (κ2) is 5.08. The predicted molar refractivity (Wildman–Crippen MR) is 76.6 cm³/mol. The highest BCUT2D eigenvalue weighted by atomic mass is 127. The fraction of sp³-hybridized carbons (Fsp3) is 0.0909. The van der Waals surface area contributed by atoms with Gasteiger partial charge < -0.3 is 10.2 Å². The summed E-state index contributed by atoms with van der Waals surface area (Å²) < 4.78 is 7.10. The molecule has 1 aromatic heterocycles. The lowest BCUT2D eigenvalue weighted by Crippen LogP contribution is -2.10. The van der Waals surface area contributed by atoms with Crippen LogP contribution in [0.3, 0.4) is 0 Å². The highest BCUT2D eigenvalue weighted by molar-refractivity contribution is 14.1. The lowest BCUT2D eigenvalue weighted by Gasteiger charge is -2.10. The number of hydrogen-bond acceptors (Lipinski definition) is 2. The number of rotatable bonds is 2. The van der Waals surface area contributed by atoms with Crippen LogP contribution in [0, 0.1) is 3.57 Å². The minimum Gasteiger partial charge on any atom is -0.452 e. The van der Waals surface area contributed by atoms with Gasteiger partial charge in [-0.3, -0.25) is 0 Å². The lowest BCUT2D eigenvalue weighted by molar-refractivity contribution is 0.470. The third kappa shape index (κ3) is 2.61. The van der Waals surface area contributed by atoms with Crippen LogP contribution in [0.2, 0.25) is 5.02 Å². The van der Waals surface area contributed by atoms with E-state index in [2.05, 4.69) is 38.5 Å². The predicted octanol–water partition coefficient (Wildman–Crippen LogP) is 4.35. The molecule has 0 aliphatic rings. The first-order chi connectivity index (χ1) is 7.58. The zero-order valence-electron chi connectivity index (χ0n) is 8.08. The third-order valence-electron chi connectivity index (χ3n) is 2.20. The molecule has 0 spiro atoms. The van der Waals surface area contributed by atoms with Crippen LogP contribution >= 0.6 is 50.1 Å². The Bertz CT molecular complexity index is 514. The summed E-state index contributed by atoms with van der Waals surface area (Å²) >= 11 is 11.5. The molecule has 2 N–H and O–H groups in total. The quantitative estimate of drug-likeness (QED) is 0.745. The summed E-state index contributed by atoms with van der Waals surface area (Å²) in [7, 11) is 0. The number of furan rings is 1. The van der Waals surface area contributed by atoms with E-state index in [-0.39, 0.29) is 6.04 Å². The van der Waals surface area contributed by atoms with Crippen LogP contribution in [-0.2, 0) is 0 Å². The van der Waals surface area contributed by atoms with Crippen molar-refractivity contribution >= 4 is 50.1 Å². The van der Waals surface area contributed by atoms with Crippen LogP contribution in [-0.4, -0.2) is 0 Å². The average molecular weight is 412 g/mol. The molecule has 1 unspecified atom stereocenters. The molecule has 0 saturated heterocycles. The van der Waals surface area contributed by atoms with Crippen LogP contribution in [0.1, 0.15) is 17.4 Å². The molecule has 2 aromatic rings. The summed E-state index contributed by atoms with van der Waals surface area (Å²) in [6.07, 6.45) is 0. The molecule has 2 nitrogen and oxygen atoms in total. The molecule has 0 radical (unpaired) electrons. The molecule has 0 fully saturated rings. The number of hydrogen-bond donors (Lipinski definition) is 1. The zero-order valence-corrected chi connectivity index (χ0v) is 12.6. The molecule has 0 aliphatic carbocycles. The van der Waals surface area contributed by atoms with Crippen molar-refractivity contribution < 1.29 is 4.42 Å². The van der Waals surface area contributed by atoms with Crippen LogP contribution in [0.25, 0.3) is 0 Å². The van der Waals surface area contributed by atoms with Gasteiger partial charge in [0.1, 0.15) is 5.76 Å². The monoisotopic (exact) mass is 411 g/mol. The first-order valence-electron chi connectivity index (χ1n) is 4.53. The molecule has 0 saturated carbocycles. The first kappa shape index (κ1) is 12.4. The van der Waals surface area contributed by atoms with Crippen LogP contribution < -0.4 is 5.73 Å². The third-order valence-corrected chi connectivity index (χ3v) is 4.20. The molecule has 16 heavy (non-hydrogen) atoms.